The van der Waals surface area contributed by atoms with Gasteiger partial charge in [-0.2, -0.15) is 0 Å². The Labute approximate surface area is 109 Å². The quantitative estimate of drug-likeness (QED) is 0.735. The van der Waals surface area contributed by atoms with Gasteiger partial charge in [0.2, 0.25) is 0 Å². The Balaban J connectivity index is 0.000000245. The number of hydrogen-bond acceptors (Lipinski definition) is 2. The molecule has 0 atom stereocenters. The zero-order valence-corrected chi connectivity index (χ0v) is 12.4. The second-order valence-electron chi connectivity index (χ2n) is 2.67. The van der Waals surface area contributed by atoms with Gasteiger partial charge in [-0.05, 0) is 24.3 Å². The molecule has 0 unspecified atom stereocenters. The predicted octanol–water partition coefficient (Wildman–Crippen LogP) is 2.78. The van der Waals surface area contributed by atoms with Crippen LogP contribution in [0.4, 0.5) is 0 Å². The molecule has 0 bridgehead atoms. The molecule has 0 aliphatic carbocycles. The standard InChI is InChI=1S/2C6H6O.Cd/c2*7-6-4-2-1-3-5-6;/h2*1-5,7H;. The van der Waals surface area contributed by atoms with Gasteiger partial charge in [-0.3, -0.25) is 0 Å². The molecule has 3 heteroatoms. The van der Waals surface area contributed by atoms with Gasteiger partial charge in [-0.1, -0.05) is 36.4 Å². The Morgan fingerprint density at radius 2 is 0.800 bits per heavy atom. The number of phenols is 2. The predicted molar refractivity (Wildman–Crippen MR) is 56.2 cm³/mol. The second kappa shape index (κ2) is 8.29. The summed E-state index contributed by atoms with van der Waals surface area (Å²) in [6, 6.07) is 17.4. The Bertz CT molecular complexity index is 311. The van der Waals surface area contributed by atoms with Gasteiger partial charge in [-0.25, -0.2) is 0 Å². The molecule has 2 aromatic carbocycles. The maximum Gasteiger partial charge on any atom is 0.115 e. The molecule has 15 heavy (non-hydrogen) atoms. The van der Waals surface area contributed by atoms with Gasteiger partial charge in [0.15, 0.2) is 0 Å². The SMILES string of the molecule is Oc1ccccc1.Oc1ccccc1.[Cd]. The van der Waals surface area contributed by atoms with E-state index in [1.807, 2.05) is 12.1 Å². The molecule has 0 radical (unpaired) electrons. The summed E-state index contributed by atoms with van der Waals surface area (Å²) in [6.07, 6.45) is 0. The summed E-state index contributed by atoms with van der Waals surface area (Å²) in [4.78, 5) is 0. The van der Waals surface area contributed by atoms with Crippen LogP contribution in [0.2, 0.25) is 0 Å². The molecule has 0 saturated carbocycles. The zero-order chi connectivity index (χ0) is 10.2. The average molecular weight is 301 g/mol. The Morgan fingerprint density at radius 3 is 0.933 bits per heavy atom. The molecule has 2 N–H and O–H groups in total. The van der Waals surface area contributed by atoms with E-state index >= 15 is 0 Å². The van der Waals surface area contributed by atoms with Crippen LogP contribution in [-0.4, -0.2) is 10.2 Å². The molecule has 0 aliphatic rings. The molecule has 2 nitrogen and oxygen atoms in total. The van der Waals surface area contributed by atoms with Crippen molar-refractivity contribution in [3.63, 3.8) is 0 Å². The van der Waals surface area contributed by atoms with E-state index in [1.165, 1.54) is 0 Å². The zero-order valence-electron chi connectivity index (χ0n) is 8.38. The van der Waals surface area contributed by atoms with Crippen LogP contribution in [0.15, 0.2) is 60.7 Å². The van der Waals surface area contributed by atoms with Crippen molar-refractivity contribution in [3.8, 4) is 11.5 Å². The van der Waals surface area contributed by atoms with Gasteiger partial charge in [0.1, 0.15) is 11.5 Å². The van der Waals surface area contributed by atoms with Crippen LogP contribution in [0.5, 0.6) is 11.5 Å². The molecule has 0 saturated heterocycles. The van der Waals surface area contributed by atoms with Crippen LogP contribution in [0.1, 0.15) is 0 Å². The first-order valence-electron chi connectivity index (χ1n) is 4.27. The Morgan fingerprint density at radius 1 is 0.533 bits per heavy atom. The normalized spacial score (nSPS) is 8.00. The maximum absolute atomic E-state index is 8.63. The molecule has 0 fully saturated rings. The third kappa shape index (κ3) is 6.96. The summed E-state index contributed by atoms with van der Waals surface area (Å²) in [5.41, 5.74) is 0. The number of rotatable bonds is 0. The fourth-order valence-electron chi connectivity index (χ4n) is 0.856. The number of para-hydroxylation sites is 2. The van der Waals surface area contributed by atoms with Gasteiger partial charge in [0.25, 0.3) is 0 Å². The van der Waals surface area contributed by atoms with E-state index in [1.54, 1.807) is 48.5 Å². The average Bonchev–Trinajstić information content (AvgIpc) is 2.21. The minimum Gasteiger partial charge on any atom is -0.508 e. The third-order valence-electron chi connectivity index (χ3n) is 1.51. The molecule has 0 aliphatic heterocycles. The van der Waals surface area contributed by atoms with Gasteiger partial charge in [0, 0.05) is 27.3 Å². The van der Waals surface area contributed by atoms with E-state index in [0.29, 0.717) is 11.5 Å². The van der Waals surface area contributed by atoms with Crippen molar-refractivity contribution in [3.05, 3.63) is 60.7 Å². The summed E-state index contributed by atoms with van der Waals surface area (Å²) >= 11 is 0. The van der Waals surface area contributed by atoms with Crippen molar-refractivity contribution >= 4 is 0 Å². The molecule has 0 spiro atoms. The van der Waals surface area contributed by atoms with Crippen LogP contribution in [-0.2, 0) is 27.3 Å². The molecule has 0 heterocycles. The van der Waals surface area contributed by atoms with Crippen molar-refractivity contribution in [2.24, 2.45) is 0 Å². The first-order valence-corrected chi connectivity index (χ1v) is 4.27. The Hall–Kier alpha value is -1.04. The molecule has 2 aromatic rings. The van der Waals surface area contributed by atoms with Gasteiger partial charge in [-0.15, -0.1) is 0 Å². The second-order valence-corrected chi connectivity index (χ2v) is 2.67. The molecule has 0 aromatic heterocycles. The molecule has 74 valence electrons. The monoisotopic (exact) mass is 302 g/mol. The molecule has 2 rings (SSSR count). The van der Waals surface area contributed by atoms with Crippen molar-refractivity contribution in [1.82, 2.24) is 0 Å². The number of hydrogen-bond donors (Lipinski definition) is 2. The van der Waals surface area contributed by atoms with Crippen LogP contribution in [0.25, 0.3) is 0 Å². The van der Waals surface area contributed by atoms with E-state index in [2.05, 4.69) is 0 Å². The smallest absolute Gasteiger partial charge is 0.115 e. The summed E-state index contributed by atoms with van der Waals surface area (Å²) in [5, 5.41) is 17.3. The van der Waals surface area contributed by atoms with Crippen LogP contribution in [0.3, 0.4) is 0 Å². The molecular weight excluding hydrogens is 289 g/mol. The maximum atomic E-state index is 8.63. The summed E-state index contributed by atoms with van der Waals surface area (Å²) in [7, 11) is 0. The van der Waals surface area contributed by atoms with Gasteiger partial charge < -0.3 is 10.2 Å². The van der Waals surface area contributed by atoms with E-state index in [0.717, 1.165) is 0 Å². The minimum absolute atomic E-state index is 0. The molecular formula is C12H12CdO2. The van der Waals surface area contributed by atoms with Crippen molar-refractivity contribution < 1.29 is 37.5 Å². The number of benzene rings is 2. The topological polar surface area (TPSA) is 40.5 Å². The van der Waals surface area contributed by atoms with E-state index in [9.17, 15) is 0 Å². The molecule has 0 amide bonds. The van der Waals surface area contributed by atoms with Gasteiger partial charge >= 0.3 is 0 Å². The minimum atomic E-state index is 0. The van der Waals surface area contributed by atoms with Gasteiger partial charge in [0.05, 0.1) is 0 Å². The van der Waals surface area contributed by atoms with E-state index in [4.69, 9.17) is 10.2 Å². The number of aromatic hydroxyl groups is 2. The van der Waals surface area contributed by atoms with Crippen molar-refractivity contribution in [1.29, 1.82) is 0 Å². The van der Waals surface area contributed by atoms with Crippen LogP contribution >= 0.6 is 0 Å². The first kappa shape index (κ1) is 14.0. The Kier molecular flexibility index (Phi) is 7.71. The van der Waals surface area contributed by atoms with Crippen molar-refractivity contribution in [2.75, 3.05) is 0 Å². The number of phenolic OH excluding ortho intramolecular Hbond substituents is 2. The van der Waals surface area contributed by atoms with Crippen LogP contribution < -0.4 is 0 Å². The fourth-order valence-corrected chi connectivity index (χ4v) is 0.856. The summed E-state index contributed by atoms with van der Waals surface area (Å²) < 4.78 is 0. The largest absolute Gasteiger partial charge is 0.508 e. The summed E-state index contributed by atoms with van der Waals surface area (Å²) in [5.74, 6) is 0.644. The van der Waals surface area contributed by atoms with E-state index in [-0.39, 0.29) is 27.3 Å². The fraction of sp³-hybridized carbons (Fsp3) is 0. The van der Waals surface area contributed by atoms with Crippen LogP contribution in [0, 0.1) is 0 Å². The van der Waals surface area contributed by atoms with E-state index < -0.39 is 0 Å². The van der Waals surface area contributed by atoms with Crippen molar-refractivity contribution in [2.45, 2.75) is 0 Å². The summed E-state index contributed by atoms with van der Waals surface area (Å²) in [6.45, 7) is 0. The first-order chi connectivity index (χ1) is 6.79. The third-order valence-corrected chi connectivity index (χ3v) is 1.51.